The maximum atomic E-state index is 12.7. The molecule has 2 aromatic rings. The van der Waals surface area contributed by atoms with Crippen molar-refractivity contribution in [1.82, 2.24) is 14.9 Å². The normalized spacial score (nSPS) is 14.9. The number of hydrogen-bond acceptors (Lipinski definition) is 4. The van der Waals surface area contributed by atoms with E-state index in [1.165, 1.54) is 5.56 Å². The van der Waals surface area contributed by atoms with E-state index in [1.807, 2.05) is 30.9 Å². The van der Waals surface area contributed by atoms with Gasteiger partial charge in [-0.2, -0.15) is 0 Å². The Morgan fingerprint density at radius 2 is 1.68 bits per heavy atom. The third-order valence-electron chi connectivity index (χ3n) is 4.74. The van der Waals surface area contributed by atoms with Crippen molar-refractivity contribution in [2.75, 3.05) is 31.1 Å². The highest BCUT2D eigenvalue weighted by atomic mass is 16.2. The van der Waals surface area contributed by atoms with Gasteiger partial charge < -0.3 is 9.80 Å². The average Bonchev–Trinajstić information content (AvgIpc) is 2.63. The Morgan fingerprint density at radius 1 is 1.04 bits per heavy atom. The summed E-state index contributed by atoms with van der Waals surface area (Å²) >= 11 is 0. The molecule has 5 heteroatoms. The molecule has 2 heterocycles. The van der Waals surface area contributed by atoms with Gasteiger partial charge in [-0.3, -0.25) is 9.78 Å². The van der Waals surface area contributed by atoms with Gasteiger partial charge in [0.15, 0.2) is 0 Å². The van der Waals surface area contributed by atoms with Crippen LogP contribution in [0.4, 0.5) is 5.82 Å². The summed E-state index contributed by atoms with van der Waals surface area (Å²) < 4.78 is 0. The van der Waals surface area contributed by atoms with E-state index in [0.717, 1.165) is 35.9 Å². The summed E-state index contributed by atoms with van der Waals surface area (Å²) in [6, 6.07) is 8.00. The first-order valence-electron chi connectivity index (χ1n) is 8.90. The Labute approximate surface area is 149 Å². The first-order chi connectivity index (χ1) is 12.0. The van der Waals surface area contributed by atoms with Crippen molar-refractivity contribution in [3.8, 4) is 0 Å². The molecule has 0 atom stereocenters. The number of aryl methyl sites for hydroxylation is 2. The number of anilines is 1. The smallest absolute Gasteiger partial charge is 0.253 e. The zero-order valence-electron chi connectivity index (χ0n) is 15.5. The minimum atomic E-state index is 0.113. The third-order valence-corrected chi connectivity index (χ3v) is 4.74. The minimum Gasteiger partial charge on any atom is -0.352 e. The van der Waals surface area contributed by atoms with Crippen LogP contribution < -0.4 is 4.90 Å². The van der Waals surface area contributed by atoms with E-state index in [1.54, 1.807) is 6.20 Å². The minimum absolute atomic E-state index is 0.113. The zero-order chi connectivity index (χ0) is 18.0. The van der Waals surface area contributed by atoms with Gasteiger partial charge in [0, 0.05) is 37.9 Å². The van der Waals surface area contributed by atoms with Crippen LogP contribution in [-0.4, -0.2) is 47.0 Å². The van der Waals surface area contributed by atoms with Crippen molar-refractivity contribution in [3.63, 3.8) is 0 Å². The molecule has 5 nitrogen and oxygen atoms in total. The van der Waals surface area contributed by atoms with Crippen LogP contribution in [0.2, 0.25) is 0 Å². The van der Waals surface area contributed by atoms with E-state index >= 15 is 0 Å². The van der Waals surface area contributed by atoms with Gasteiger partial charge >= 0.3 is 0 Å². The summed E-state index contributed by atoms with van der Waals surface area (Å²) in [5.41, 5.74) is 3.89. The second-order valence-electron chi connectivity index (χ2n) is 6.98. The number of rotatable bonds is 3. The summed E-state index contributed by atoms with van der Waals surface area (Å²) in [5, 5.41) is 0. The Morgan fingerprint density at radius 3 is 2.28 bits per heavy atom. The molecule has 1 amide bonds. The quantitative estimate of drug-likeness (QED) is 0.862. The third kappa shape index (κ3) is 3.81. The molecule has 25 heavy (non-hydrogen) atoms. The van der Waals surface area contributed by atoms with E-state index in [4.69, 9.17) is 0 Å². The van der Waals surface area contributed by atoms with Crippen LogP contribution in [0.1, 0.15) is 47.1 Å². The molecule has 3 rings (SSSR count). The standard InChI is InChI=1S/C20H26N4O/c1-14(2)17-5-7-18(8-6-17)20(25)24-11-9-23(10-12-24)19-16(4)21-13-15(3)22-19/h5-8,13-14H,9-12H2,1-4H3. The first kappa shape index (κ1) is 17.4. The lowest BCUT2D eigenvalue weighted by molar-refractivity contribution is 0.0746. The van der Waals surface area contributed by atoms with Crippen molar-refractivity contribution in [3.05, 3.63) is 53.0 Å². The van der Waals surface area contributed by atoms with E-state index < -0.39 is 0 Å². The summed E-state index contributed by atoms with van der Waals surface area (Å²) in [7, 11) is 0. The highest BCUT2D eigenvalue weighted by Crippen LogP contribution is 2.19. The SMILES string of the molecule is Cc1cnc(C)c(N2CCN(C(=O)c3ccc(C(C)C)cc3)CC2)n1. The van der Waals surface area contributed by atoms with Crippen LogP contribution in [0.15, 0.2) is 30.5 Å². The van der Waals surface area contributed by atoms with E-state index in [9.17, 15) is 4.79 Å². The maximum absolute atomic E-state index is 12.7. The lowest BCUT2D eigenvalue weighted by Gasteiger charge is -2.36. The maximum Gasteiger partial charge on any atom is 0.253 e. The molecular formula is C20H26N4O. The van der Waals surface area contributed by atoms with Crippen LogP contribution in [0.3, 0.4) is 0 Å². The van der Waals surface area contributed by atoms with Crippen molar-refractivity contribution < 1.29 is 4.79 Å². The second-order valence-corrected chi connectivity index (χ2v) is 6.98. The Hall–Kier alpha value is -2.43. The summed E-state index contributed by atoms with van der Waals surface area (Å²) in [4.78, 5) is 25.9. The Balaban J connectivity index is 1.65. The van der Waals surface area contributed by atoms with Gasteiger partial charge in [0.05, 0.1) is 11.4 Å². The predicted molar refractivity (Wildman–Crippen MR) is 100 cm³/mol. The van der Waals surface area contributed by atoms with Crippen LogP contribution in [-0.2, 0) is 0 Å². The zero-order valence-corrected chi connectivity index (χ0v) is 15.5. The molecule has 0 spiro atoms. The number of benzene rings is 1. The number of carbonyl (C=O) groups excluding carboxylic acids is 1. The fourth-order valence-electron chi connectivity index (χ4n) is 3.14. The number of nitrogens with zero attached hydrogens (tertiary/aromatic N) is 4. The molecule has 0 saturated carbocycles. The Bertz CT molecular complexity index is 747. The van der Waals surface area contributed by atoms with Crippen molar-refractivity contribution >= 4 is 11.7 Å². The van der Waals surface area contributed by atoms with Crippen molar-refractivity contribution in [2.24, 2.45) is 0 Å². The van der Waals surface area contributed by atoms with Crippen molar-refractivity contribution in [1.29, 1.82) is 0 Å². The number of aromatic nitrogens is 2. The Kier molecular flexibility index (Phi) is 5.02. The van der Waals surface area contributed by atoms with E-state index in [2.05, 4.69) is 40.8 Å². The molecule has 1 aliphatic rings. The first-order valence-corrected chi connectivity index (χ1v) is 8.90. The molecule has 0 bridgehead atoms. The number of carbonyl (C=O) groups is 1. The number of amides is 1. The predicted octanol–water partition coefficient (Wildman–Crippen LogP) is 3.18. The summed E-state index contributed by atoms with van der Waals surface area (Å²) in [6.07, 6.45) is 1.79. The average molecular weight is 338 g/mol. The molecule has 0 radical (unpaired) electrons. The van der Waals surface area contributed by atoms with Crippen LogP contribution in [0.5, 0.6) is 0 Å². The van der Waals surface area contributed by atoms with Gasteiger partial charge in [0.1, 0.15) is 5.82 Å². The number of hydrogen-bond donors (Lipinski definition) is 0. The molecule has 1 saturated heterocycles. The highest BCUT2D eigenvalue weighted by Gasteiger charge is 2.24. The van der Waals surface area contributed by atoms with Gasteiger partial charge in [-0.1, -0.05) is 26.0 Å². The van der Waals surface area contributed by atoms with Gasteiger partial charge in [-0.05, 0) is 37.5 Å². The summed E-state index contributed by atoms with van der Waals surface area (Å²) in [6.45, 7) is 11.2. The van der Waals surface area contributed by atoms with Gasteiger partial charge in [-0.15, -0.1) is 0 Å². The van der Waals surface area contributed by atoms with E-state index in [-0.39, 0.29) is 5.91 Å². The topological polar surface area (TPSA) is 49.3 Å². The molecule has 0 aliphatic carbocycles. The highest BCUT2D eigenvalue weighted by molar-refractivity contribution is 5.94. The van der Waals surface area contributed by atoms with Crippen molar-refractivity contribution in [2.45, 2.75) is 33.6 Å². The van der Waals surface area contributed by atoms with Crippen LogP contribution in [0.25, 0.3) is 0 Å². The fraction of sp³-hybridized carbons (Fsp3) is 0.450. The molecule has 0 unspecified atom stereocenters. The lowest BCUT2D eigenvalue weighted by atomic mass is 10.0. The molecule has 1 aromatic heterocycles. The van der Waals surface area contributed by atoms with Gasteiger partial charge in [0.2, 0.25) is 0 Å². The fourth-order valence-corrected chi connectivity index (χ4v) is 3.14. The second kappa shape index (κ2) is 7.21. The monoisotopic (exact) mass is 338 g/mol. The molecule has 1 aliphatic heterocycles. The molecule has 0 N–H and O–H groups in total. The van der Waals surface area contributed by atoms with Crippen LogP contribution >= 0.6 is 0 Å². The van der Waals surface area contributed by atoms with E-state index in [0.29, 0.717) is 19.0 Å². The largest absolute Gasteiger partial charge is 0.352 e. The van der Waals surface area contributed by atoms with Gasteiger partial charge in [-0.25, -0.2) is 4.98 Å². The molecule has 132 valence electrons. The molecule has 1 aromatic carbocycles. The number of piperazine rings is 1. The lowest BCUT2D eigenvalue weighted by Crippen LogP contribution is -2.49. The van der Waals surface area contributed by atoms with Gasteiger partial charge in [0.25, 0.3) is 5.91 Å². The summed E-state index contributed by atoms with van der Waals surface area (Å²) in [5.74, 6) is 1.53. The van der Waals surface area contributed by atoms with Crippen LogP contribution in [0, 0.1) is 13.8 Å². The molecular weight excluding hydrogens is 312 g/mol. The molecule has 1 fully saturated rings.